The number of hydrogen-bond acceptors (Lipinski definition) is 4. The van der Waals surface area contributed by atoms with Gasteiger partial charge in [-0.1, -0.05) is 13.8 Å². The van der Waals surface area contributed by atoms with Gasteiger partial charge in [-0.3, -0.25) is 4.79 Å². The first kappa shape index (κ1) is 18.6. The third kappa shape index (κ3) is 3.36. The van der Waals surface area contributed by atoms with Crippen LogP contribution in [0.3, 0.4) is 0 Å². The minimum absolute atomic E-state index is 0.0934. The van der Waals surface area contributed by atoms with Crippen LogP contribution in [0.15, 0.2) is 12.1 Å². The lowest BCUT2D eigenvalue weighted by molar-refractivity contribution is -0.142. The standard InChI is InChI=1S/C19H28O5/c1-10(2)13-6-5-12(20)9-14(13)17-15(21)7-11(8-16(17)22)19(3,4)18(23)24/h7-8,10,12-14,20-22H,5-6,9H2,1-4H3,(H,23,24)/t12-,13-,14+/m0/s1. The van der Waals surface area contributed by atoms with Crippen molar-refractivity contribution in [3.63, 3.8) is 0 Å². The van der Waals surface area contributed by atoms with Crippen molar-refractivity contribution >= 4 is 5.97 Å². The Hall–Kier alpha value is -1.75. The van der Waals surface area contributed by atoms with Crippen LogP contribution in [0.4, 0.5) is 0 Å². The normalized spacial score (nSPS) is 25.0. The molecule has 0 aromatic heterocycles. The maximum absolute atomic E-state index is 11.4. The van der Waals surface area contributed by atoms with E-state index < -0.39 is 17.5 Å². The molecule has 4 N–H and O–H groups in total. The van der Waals surface area contributed by atoms with E-state index in [-0.39, 0.29) is 23.3 Å². The van der Waals surface area contributed by atoms with Gasteiger partial charge in [-0.05, 0) is 68.6 Å². The van der Waals surface area contributed by atoms with Crippen molar-refractivity contribution < 1.29 is 25.2 Å². The van der Waals surface area contributed by atoms with Crippen LogP contribution in [0.1, 0.15) is 64.0 Å². The van der Waals surface area contributed by atoms with Crippen LogP contribution in [0.2, 0.25) is 0 Å². The molecule has 0 unspecified atom stereocenters. The van der Waals surface area contributed by atoms with Gasteiger partial charge in [-0.25, -0.2) is 0 Å². The lowest BCUT2D eigenvalue weighted by Crippen LogP contribution is -2.30. The number of aromatic hydroxyl groups is 2. The van der Waals surface area contributed by atoms with Gasteiger partial charge in [-0.2, -0.15) is 0 Å². The van der Waals surface area contributed by atoms with Gasteiger partial charge in [0.25, 0.3) is 0 Å². The van der Waals surface area contributed by atoms with E-state index in [2.05, 4.69) is 13.8 Å². The van der Waals surface area contributed by atoms with Crippen molar-refractivity contribution in [2.75, 3.05) is 0 Å². The summed E-state index contributed by atoms with van der Waals surface area (Å²) in [6.07, 6.45) is 1.61. The molecule has 5 nitrogen and oxygen atoms in total. The second kappa shape index (κ2) is 6.63. The topological polar surface area (TPSA) is 98.0 Å². The van der Waals surface area contributed by atoms with Crippen molar-refractivity contribution in [3.05, 3.63) is 23.3 Å². The molecule has 0 saturated heterocycles. The number of aliphatic carboxylic acids is 1. The van der Waals surface area contributed by atoms with Gasteiger partial charge in [0.1, 0.15) is 11.5 Å². The molecule has 134 valence electrons. The Kier molecular flexibility index (Phi) is 5.14. The Morgan fingerprint density at radius 3 is 2.17 bits per heavy atom. The lowest BCUT2D eigenvalue weighted by atomic mass is 9.69. The fourth-order valence-corrected chi connectivity index (χ4v) is 3.79. The van der Waals surface area contributed by atoms with Crippen molar-refractivity contribution in [1.82, 2.24) is 0 Å². The molecule has 3 atom stereocenters. The van der Waals surface area contributed by atoms with Gasteiger partial charge in [0, 0.05) is 5.56 Å². The van der Waals surface area contributed by atoms with Gasteiger partial charge in [0.15, 0.2) is 0 Å². The third-order valence-corrected chi connectivity index (χ3v) is 5.50. The molecule has 1 aromatic rings. The van der Waals surface area contributed by atoms with Gasteiger partial charge in [-0.15, -0.1) is 0 Å². The molecule has 0 radical (unpaired) electrons. The van der Waals surface area contributed by atoms with Gasteiger partial charge >= 0.3 is 5.97 Å². The molecule has 1 aromatic carbocycles. The Labute approximate surface area is 143 Å². The summed E-state index contributed by atoms with van der Waals surface area (Å²) in [5.41, 5.74) is -0.430. The summed E-state index contributed by atoms with van der Waals surface area (Å²) in [4.78, 5) is 11.4. The molecule has 0 bridgehead atoms. The van der Waals surface area contributed by atoms with Crippen molar-refractivity contribution in [2.45, 2.75) is 64.4 Å². The average Bonchev–Trinajstić information content (AvgIpc) is 2.45. The highest BCUT2D eigenvalue weighted by Crippen LogP contribution is 2.48. The highest BCUT2D eigenvalue weighted by molar-refractivity contribution is 5.80. The third-order valence-electron chi connectivity index (χ3n) is 5.50. The zero-order valence-corrected chi connectivity index (χ0v) is 14.8. The number of phenols is 2. The molecule has 1 aliphatic rings. The zero-order valence-electron chi connectivity index (χ0n) is 14.8. The number of rotatable bonds is 4. The fraction of sp³-hybridized carbons (Fsp3) is 0.632. The van der Waals surface area contributed by atoms with E-state index in [1.165, 1.54) is 26.0 Å². The summed E-state index contributed by atoms with van der Waals surface area (Å²) in [5, 5.41) is 40.4. The minimum atomic E-state index is -1.21. The van der Waals surface area contributed by atoms with Crippen LogP contribution in [0.5, 0.6) is 11.5 Å². The average molecular weight is 336 g/mol. The number of carboxylic acid groups (broad SMARTS) is 1. The van der Waals surface area contributed by atoms with Gasteiger partial charge < -0.3 is 20.4 Å². The Morgan fingerprint density at radius 2 is 1.71 bits per heavy atom. The molecule has 1 saturated carbocycles. The second-order valence-corrected chi connectivity index (χ2v) is 7.84. The van der Waals surface area contributed by atoms with Gasteiger partial charge in [0.05, 0.1) is 11.5 Å². The highest BCUT2D eigenvalue weighted by atomic mass is 16.4. The lowest BCUT2D eigenvalue weighted by Gasteiger charge is -2.37. The molecular formula is C19H28O5. The van der Waals surface area contributed by atoms with Crippen molar-refractivity contribution in [2.24, 2.45) is 11.8 Å². The number of carboxylic acids is 1. The van der Waals surface area contributed by atoms with E-state index in [4.69, 9.17) is 0 Å². The molecule has 5 heteroatoms. The molecule has 0 heterocycles. The molecule has 24 heavy (non-hydrogen) atoms. The summed E-state index contributed by atoms with van der Waals surface area (Å²) in [6.45, 7) is 7.27. The van der Waals surface area contributed by atoms with Crippen LogP contribution in [-0.2, 0) is 10.2 Å². The largest absolute Gasteiger partial charge is 0.508 e. The fourth-order valence-electron chi connectivity index (χ4n) is 3.79. The monoisotopic (exact) mass is 336 g/mol. The van der Waals surface area contributed by atoms with E-state index in [0.29, 0.717) is 23.5 Å². The maximum Gasteiger partial charge on any atom is 0.313 e. The molecule has 0 amide bonds. The predicted molar refractivity (Wildman–Crippen MR) is 91.4 cm³/mol. The summed E-state index contributed by atoms with van der Waals surface area (Å²) >= 11 is 0. The van der Waals surface area contributed by atoms with Gasteiger partial charge in [0.2, 0.25) is 0 Å². The van der Waals surface area contributed by atoms with E-state index in [1.54, 1.807) is 0 Å². The predicted octanol–water partition coefficient (Wildman–Crippen LogP) is 3.36. The molecule has 1 aliphatic carbocycles. The number of aliphatic hydroxyl groups excluding tert-OH is 1. The summed E-state index contributed by atoms with van der Waals surface area (Å²) < 4.78 is 0. The van der Waals surface area contributed by atoms with Crippen LogP contribution in [0.25, 0.3) is 0 Å². The number of carbonyl (C=O) groups is 1. The summed E-state index contributed by atoms with van der Waals surface area (Å²) in [7, 11) is 0. The van der Waals surface area contributed by atoms with E-state index in [1.807, 2.05) is 0 Å². The first-order valence-electron chi connectivity index (χ1n) is 8.53. The quantitative estimate of drug-likeness (QED) is 0.676. The van der Waals surface area contributed by atoms with Crippen LogP contribution in [0, 0.1) is 11.8 Å². The van der Waals surface area contributed by atoms with Crippen LogP contribution >= 0.6 is 0 Å². The number of benzene rings is 1. The van der Waals surface area contributed by atoms with Crippen LogP contribution < -0.4 is 0 Å². The Bertz CT molecular complexity index is 597. The smallest absolute Gasteiger partial charge is 0.313 e. The number of hydrogen-bond donors (Lipinski definition) is 4. The SMILES string of the molecule is CC(C)[C@@H]1CC[C@H](O)C[C@H]1c1c(O)cc(C(C)(C)C(=O)O)cc1O. The van der Waals surface area contributed by atoms with E-state index in [0.717, 1.165) is 12.8 Å². The Balaban J connectivity index is 2.49. The molecule has 1 fully saturated rings. The molecular weight excluding hydrogens is 308 g/mol. The first-order chi connectivity index (χ1) is 11.1. The van der Waals surface area contributed by atoms with Crippen molar-refractivity contribution in [3.8, 4) is 11.5 Å². The first-order valence-corrected chi connectivity index (χ1v) is 8.53. The zero-order chi connectivity index (χ0) is 18.2. The minimum Gasteiger partial charge on any atom is -0.508 e. The number of aliphatic hydroxyl groups is 1. The highest BCUT2D eigenvalue weighted by Gasteiger charge is 2.37. The molecule has 0 spiro atoms. The molecule has 0 aliphatic heterocycles. The maximum atomic E-state index is 11.4. The number of phenolic OH excluding ortho intramolecular Hbond substituents is 2. The molecule has 2 rings (SSSR count). The van der Waals surface area contributed by atoms with E-state index in [9.17, 15) is 25.2 Å². The summed E-state index contributed by atoms with van der Waals surface area (Å²) in [5.74, 6) is -0.744. The van der Waals surface area contributed by atoms with Crippen LogP contribution in [-0.4, -0.2) is 32.5 Å². The summed E-state index contributed by atoms with van der Waals surface area (Å²) in [6, 6.07) is 2.86. The van der Waals surface area contributed by atoms with Crippen molar-refractivity contribution in [1.29, 1.82) is 0 Å². The van der Waals surface area contributed by atoms with E-state index >= 15 is 0 Å². The second-order valence-electron chi connectivity index (χ2n) is 7.84. The Morgan fingerprint density at radius 1 is 1.17 bits per heavy atom.